The highest BCUT2D eigenvalue weighted by atomic mass is 19.2. The number of pyridine rings is 1. The standard InChI is InChI=1S/C17H9F3N2/c18-12-2-1-3-15-9(12)4-5-16(22-15)11-8-21-17-7-14(20)13(19)6-10(11)17/h1-8,21H. The molecule has 0 atom stereocenters. The van der Waals surface area contributed by atoms with Gasteiger partial charge in [0.15, 0.2) is 11.6 Å². The number of fused-ring (bicyclic) bond motifs is 2. The van der Waals surface area contributed by atoms with Crippen LogP contribution in [0.25, 0.3) is 33.1 Å². The first-order chi connectivity index (χ1) is 10.6. The van der Waals surface area contributed by atoms with E-state index in [1.54, 1.807) is 30.5 Å². The lowest BCUT2D eigenvalue weighted by Gasteiger charge is -2.03. The summed E-state index contributed by atoms with van der Waals surface area (Å²) in [6.07, 6.45) is 1.64. The molecule has 2 aromatic carbocycles. The van der Waals surface area contributed by atoms with Crippen LogP contribution in [0.15, 0.2) is 48.7 Å². The number of benzene rings is 2. The Morgan fingerprint density at radius 3 is 2.50 bits per heavy atom. The molecular formula is C17H9F3N2. The summed E-state index contributed by atoms with van der Waals surface area (Å²) in [4.78, 5) is 7.30. The third-order valence-electron chi connectivity index (χ3n) is 3.68. The van der Waals surface area contributed by atoms with Crippen LogP contribution in [0.5, 0.6) is 0 Å². The van der Waals surface area contributed by atoms with Crippen molar-refractivity contribution in [2.75, 3.05) is 0 Å². The summed E-state index contributed by atoms with van der Waals surface area (Å²) in [5, 5.41) is 0.950. The molecule has 0 bridgehead atoms. The van der Waals surface area contributed by atoms with Gasteiger partial charge in [-0.3, -0.25) is 0 Å². The highest BCUT2D eigenvalue weighted by Crippen LogP contribution is 2.30. The molecule has 0 saturated carbocycles. The van der Waals surface area contributed by atoms with Crippen molar-refractivity contribution in [3.63, 3.8) is 0 Å². The molecule has 0 aliphatic heterocycles. The molecule has 0 unspecified atom stereocenters. The number of hydrogen-bond donors (Lipinski definition) is 1. The predicted octanol–water partition coefficient (Wildman–Crippen LogP) is 4.80. The van der Waals surface area contributed by atoms with E-state index in [9.17, 15) is 13.2 Å². The molecule has 5 heteroatoms. The van der Waals surface area contributed by atoms with Crippen LogP contribution < -0.4 is 0 Å². The van der Waals surface area contributed by atoms with E-state index in [4.69, 9.17) is 0 Å². The Bertz CT molecular complexity index is 1020. The lowest BCUT2D eigenvalue weighted by molar-refractivity contribution is 0.511. The summed E-state index contributed by atoms with van der Waals surface area (Å²) in [7, 11) is 0. The number of halogens is 3. The van der Waals surface area contributed by atoms with E-state index in [1.807, 2.05) is 0 Å². The van der Waals surface area contributed by atoms with Crippen molar-refractivity contribution in [3.05, 3.63) is 66.1 Å². The minimum absolute atomic E-state index is 0.344. The van der Waals surface area contributed by atoms with Gasteiger partial charge in [-0.25, -0.2) is 18.2 Å². The zero-order chi connectivity index (χ0) is 15.3. The van der Waals surface area contributed by atoms with Crippen molar-refractivity contribution in [1.82, 2.24) is 9.97 Å². The normalized spacial score (nSPS) is 11.4. The summed E-state index contributed by atoms with van der Waals surface area (Å²) >= 11 is 0. The van der Waals surface area contributed by atoms with Crippen LogP contribution in [-0.2, 0) is 0 Å². The molecule has 22 heavy (non-hydrogen) atoms. The maximum absolute atomic E-state index is 13.7. The smallest absolute Gasteiger partial charge is 0.160 e. The molecule has 4 aromatic rings. The molecule has 2 nitrogen and oxygen atoms in total. The lowest BCUT2D eigenvalue weighted by Crippen LogP contribution is -1.87. The number of aromatic nitrogens is 2. The van der Waals surface area contributed by atoms with Gasteiger partial charge in [-0.05, 0) is 30.3 Å². The topological polar surface area (TPSA) is 28.7 Å². The van der Waals surface area contributed by atoms with Crippen molar-refractivity contribution < 1.29 is 13.2 Å². The second-order valence-electron chi connectivity index (χ2n) is 5.02. The van der Waals surface area contributed by atoms with Crippen LogP contribution in [0.3, 0.4) is 0 Å². The zero-order valence-electron chi connectivity index (χ0n) is 11.2. The van der Waals surface area contributed by atoms with Gasteiger partial charge < -0.3 is 4.98 Å². The van der Waals surface area contributed by atoms with Crippen LogP contribution in [0.2, 0.25) is 0 Å². The fraction of sp³-hybridized carbons (Fsp3) is 0. The van der Waals surface area contributed by atoms with E-state index < -0.39 is 11.6 Å². The number of nitrogens with zero attached hydrogens (tertiary/aromatic N) is 1. The van der Waals surface area contributed by atoms with Gasteiger partial charge in [-0.1, -0.05) is 6.07 Å². The van der Waals surface area contributed by atoms with Crippen molar-refractivity contribution in [3.8, 4) is 11.3 Å². The Hall–Kier alpha value is -2.82. The zero-order valence-corrected chi connectivity index (χ0v) is 11.2. The van der Waals surface area contributed by atoms with Crippen LogP contribution >= 0.6 is 0 Å². The molecule has 1 N–H and O–H groups in total. The Labute approximate surface area is 123 Å². The third-order valence-corrected chi connectivity index (χ3v) is 3.68. The first kappa shape index (κ1) is 12.9. The van der Waals surface area contributed by atoms with Gasteiger partial charge in [0, 0.05) is 34.1 Å². The SMILES string of the molecule is Fc1cc2[nH]cc(-c3ccc4c(F)cccc4n3)c2cc1F. The first-order valence-electron chi connectivity index (χ1n) is 6.65. The average molecular weight is 298 g/mol. The quantitative estimate of drug-likeness (QED) is 0.537. The molecule has 0 saturated heterocycles. The van der Waals surface area contributed by atoms with Gasteiger partial charge in [0.05, 0.1) is 11.2 Å². The van der Waals surface area contributed by atoms with E-state index in [-0.39, 0.29) is 5.82 Å². The van der Waals surface area contributed by atoms with Crippen molar-refractivity contribution >= 4 is 21.8 Å². The van der Waals surface area contributed by atoms with E-state index >= 15 is 0 Å². The monoisotopic (exact) mass is 298 g/mol. The lowest BCUT2D eigenvalue weighted by atomic mass is 10.1. The van der Waals surface area contributed by atoms with Gasteiger partial charge in [-0.15, -0.1) is 0 Å². The van der Waals surface area contributed by atoms with Gasteiger partial charge in [0.25, 0.3) is 0 Å². The van der Waals surface area contributed by atoms with Gasteiger partial charge >= 0.3 is 0 Å². The number of H-pyrrole nitrogens is 1. The molecule has 2 aromatic heterocycles. The van der Waals surface area contributed by atoms with E-state index in [2.05, 4.69) is 9.97 Å². The van der Waals surface area contributed by atoms with E-state index in [1.165, 1.54) is 6.07 Å². The summed E-state index contributed by atoms with van der Waals surface area (Å²) in [5.74, 6) is -2.17. The molecule has 4 rings (SSSR count). The van der Waals surface area contributed by atoms with Gasteiger partial charge in [0.2, 0.25) is 0 Å². The number of rotatable bonds is 1. The van der Waals surface area contributed by atoms with Crippen LogP contribution in [0, 0.1) is 17.5 Å². The number of hydrogen-bond acceptors (Lipinski definition) is 1. The Morgan fingerprint density at radius 2 is 1.64 bits per heavy atom. The van der Waals surface area contributed by atoms with Gasteiger partial charge in [0.1, 0.15) is 5.82 Å². The molecule has 0 fully saturated rings. The summed E-state index contributed by atoms with van der Waals surface area (Å²) < 4.78 is 40.4. The van der Waals surface area contributed by atoms with Crippen LogP contribution in [0.4, 0.5) is 13.2 Å². The molecular weight excluding hydrogens is 289 g/mol. The fourth-order valence-corrected chi connectivity index (χ4v) is 2.60. The van der Waals surface area contributed by atoms with Crippen molar-refractivity contribution in [1.29, 1.82) is 0 Å². The number of aromatic amines is 1. The number of nitrogens with one attached hydrogen (secondary N) is 1. The Balaban J connectivity index is 1.97. The maximum Gasteiger partial charge on any atom is 0.160 e. The van der Waals surface area contributed by atoms with Crippen LogP contribution in [0.1, 0.15) is 0 Å². The molecule has 0 aliphatic carbocycles. The minimum atomic E-state index is -0.916. The fourth-order valence-electron chi connectivity index (χ4n) is 2.60. The summed E-state index contributed by atoms with van der Waals surface area (Å²) in [5.41, 5.74) is 2.19. The molecule has 0 radical (unpaired) electrons. The van der Waals surface area contributed by atoms with Crippen molar-refractivity contribution in [2.24, 2.45) is 0 Å². The second kappa shape index (κ2) is 4.59. The molecule has 2 heterocycles. The predicted molar refractivity (Wildman–Crippen MR) is 78.9 cm³/mol. The Kier molecular flexibility index (Phi) is 2.69. The molecule has 0 aliphatic rings. The first-order valence-corrected chi connectivity index (χ1v) is 6.65. The minimum Gasteiger partial charge on any atom is -0.360 e. The highest BCUT2D eigenvalue weighted by molar-refractivity contribution is 5.96. The largest absolute Gasteiger partial charge is 0.360 e. The van der Waals surface area contributed by atoms with Crippen molar-refractivity contribution in [2.45, 2.75) is 0 Å². The highest BCUT2D eigenvalue weighted by Gasteiger charge is 2.12. The summed E-state index contributed by atoms with van der Waals surface area (Å²) in [6.45, 7) is 0. The summed E-state index contributed by atoms with van der Waals surface area (Å²) in [6, 6.07) is 10.2. The molecule has 0 amide bonds. The van der Waals surface area contributed by atoms with E-state index in [0.717, 1.165) is 12.1 Å². The third kappa shape index (κ3) is 1.86. The molecule has 0 spiro atoms. The second-order valence-corrected chi connectivity index (χ2v) is 5.02. The van der Waals surface area contributed by atoms with E-state index in [0.29, 0.717) is 33.1 Å². The average Bonchev–Trinajstić information content (AvgIpc) is 2.90. The maximum atomic E-state index is 13.7. The van der Waals surface area contributed by atoms with Crippen LogP contribution in [-0.4, -0.2) is 9.97 Å². The molecule has 108 valence electrons. The van der Waals surface area contributed by atoms with Gasteiger partial charge in [-0.2, -0.15) is 0 Å². The Morgan fingerprint density at radius 1 is 0.818 bits per heavy atom.